The Labute approximate surface area is 83.2 Å². The van der Waals surface area contributed by atoms with Gasteiger partial charge in [-0.1, -0.05) is 20.8 Å². The maximum absolute atomic E-state index is 11.5. The Balaban J connectivity index is 2.26. The molecule has 2 rings (SSSR count). The van der Waals surface area contributed by atoms with Crippen molar-refractivity contribution in [2.75, 3.05) is 6.61 Å². The second kappa shape index (κ2) is 2.79. The largest absolute Gasteiger partial charge is 0.355 e. The highest BCUT2D eigenvalue weighted by atomic mass is 16.5. The molecule has 0 aromatic carbocycles. The van der Waals surface area contributed by atoms with Gasteiger partial charge in [0.2, 0.25) is 5.91 Å². The van der Waals surface area contributed by atoms with Gasteiger partial charge in [0.1, 0.15) is 12.3 Å². The summed E-state index contributed by atoms with van der Waals surface area (Å²) in [5, 5.41) is 0. The van der Waals surface area contributed by atoms with Crippen molar-refractivity contribution in [2.45, 2.75) is 39.5 Å². The van der Waals surface area contributed by atoms with Crippen LogP contribution in [0.4, 0.5) is 0 Å². The van der Waals surface area contributed by atoms with E-state index in [2.05, 4.69) is 0 Å². The lowest BCUT2D eigenvalue weighted by Gasteiger charge is -2.32. The number of rotatable bonds is 0. The highest BCUT2D eigenvalue weighted by Gasteiger charge is 2.51. The topological polar surface area (TPSA) is 46.6 Å². The molecule has 2 atom stereocenters. The van der Waals surface area contributed by atoms with Gasteiger partial charge < -0.3 is 9.64 Å². The van der Waals surface area contributed by atoms with Crippen LogP contribution >= 0.6 is 0 Å². The highest BCUT2D eigenvalue weighted by molar-refractivity contribution is 6.08. The maximum atomic E-state index is 11.5. The van der Waals surface area contributed by atoms with Crippen LogP contribution in [0, 0.1) is 5.41 Å². The fourth-order valence-electron chi connectivity index (χ4n) is 2.08. The first-order chi connectivity index (χ1) is 6.41. The predicted molar refractivity (Wildman–Crippen MR) is 49.5 cm³/mol. The van der Waals surface area contributed by atoms with Gasteiger partial charge in [0, 0.05) is 5.41 Å². The molecule has 0 unspecified atom stereocenters. The molecule has 0 saturated carbocycles. The van der Waals surface area contributed by atoms with Gasteiger partial charge in [-0.05, 0) is 0 Å². The summed E-state index contributed by atoms with van der Waals surface area (Å²) in [5.41, 5.74) is -0.130. The van der Waals surface area contributed by atoms with Crippen LogP contribution < -0.4 is 0 Å². The summed E-state index contributed by atoms with van der Waals surface area (Å²) >= 11 is 0. The van der Waals surface area contributed by atoms with Gasteiger partial charge in [-0.15, -0.1) is 0 Å². The van der Waals surface area contributed by atoms with Gasteiger partial charge in [0.05, 0.1) is 13.0 Å². The fourth-order valence-corrected chi connectivity index (χ4v) is 2.08. The van der Waals surface area contributed by atoms with E-state index in [1.54, 1.807) is 4.90 Å². The number of nitrogens with zero attached hydrogens (tertiary/aromatic N) is 1. The second-order valence-electron chi connectivity index (χ2n) is 5.01. The number of fused-ring (bicyclic) bond motifs is 1. The molecule has 1 amide bonds. The zero-order valence-electron chi connectivity index (χ0n) is 8.74. The van der Waals surface area contributed by atoms with E-state index in [1.165, 1.54) is 0 Å². The minimum absolute atomic E-state index is 0.00162. The Morgan fingerprint density at radius 2 is 2.00 bits per heavy atom. The van der Waals surface area contributed by atoms with Gasteiger partial charge in [-0.25, -0.2) is 0 Å². The van der Waals surface area contributed by atoms with Gasteiger partial charge in [0.25, 0.3) is 0 Å². The molecular formula is C10H15NO3. The molecule has 2 fully saturated rings. The molecule has 2 saturated heterocycles. The van der Waals surface area contributed by atoms with Crippen molar-refractivity contribution in [1.29, 1.82) is 0 Å². The van der Waals surface area contributed by atoms with Crippen LogP contribution in [0.5, 0.6) is 0 Å². The molecule has 0 bridgehead atoms. The third-order valence-corrected chi connectivity index (χ3v) is 2.73. The number of ether oxygens (including phenoxy) is 1. The fraction of sp³-hybridized carbons (Fsp3) is 0.800. The second-order valence-corrected chi connectivity index (χ2v) is 5.01. The SMILES string of the molecule is CC(C)(C)[C@H]1OC[C@@H]2C(=O)CC(=O)N21. The summed E-state index contributed by atoms with van der Waals surface area (Å²) in [6.07, 6.45) is -0.188. The summed E-state index contributed by atoms with van der Waals surface area (Å²) in [6.45, 7) is 6.40. The molecule has 4 nitrogen and oxygen atoms in total. The van der Waals surface area contributed by atoms with Gasteiger partial charge in [-0.3, -0.25) is 9.59 Å². The number of amides is 1. The smallest absolute Gasteiger partial charge is 0.232 e. The number of hydrogen-bond acceptors (Lipinski definition) is 3. The van der Waals surface area contributed by atoms with Crippen LogP contribution in [0.25, 0.3) is 0 Å². The molecule has 0 aromatic heterocycles. The maximum Gasteiger partial charge on any atom is 0.232 e. The van der Waals surface area contributed by atoms with Crippen molar-refractivity contribution in [2.24, 2.45) is 5.41 Å². The minimum atomic E-state index is -0.313. The molecule has 0 radical (unpaired) electrons. The zero-order valence-corrected chi connectivity index (χ0v) is 8.74. The van der Waals surface area contributed by atoms with Crippen LogP contribution in [0.1, 0.15) is 27.2 Å². The Bertz CT molecular complexity index is 292. The molecule has 0 aromatic rings. The van der Waals surface area contributed by atoms with Crippen molar-refractivity contribution in [3.8, 4) is 0 Å². The van der Waals surface area contributed by atoms with Crippen molar-refractivity contribution in [3.63, 3.8) is 0 Å². The van der Waals surface area contributed by atoms with Gasteiger partial charge >= 0.3 is 0 Å². The minimum Gasteiger partial charge on any atom is -0.355 e. The average molecular weight is 197 g/mol. The number of Topliss-reactive ketones (excluding diaryl/α,β-unsaturated/α-hetero) is 1. The Morgan fingerprint density at radius 3 is 2.57 bits per heavy atom. The first kappa shape index (κ1) is 9.65. The van der Waals surface area contributed by atoms with Crippen molar-refractivity contribution in [3.05, 3.63) is 0 Å². The van der Waals surface area contributed by atoms with E-state index in [-0.39, 0.29) is 35.8 Å². The van der Waals surface area contributed by atoms with Crippen LogP contribution in [0.15, 0.2) is 0 Å². The molecule has 2 aliphatic heterocycles. The molecule has 78 valence electrons. The van der Waals surface area contributed by atoms with E-state index >= 15 is 0 Å². The first-order valence-corrected chi connectivity index (χ1v) is 4.87. The van der Waals surface area contributed by atoms with Crippen LogP contribution in [-0.2, 0) is 14.3 Å². The quantitative estimate of drug-likeness (QED) is 0.533. The van der Waals surface area contributed by atoms with E-state index in [0.717, 1.165) is 0 Å². The Hall–Kier alpha value is -0.900. The molecule has 0 N–H and O–H groups in total. The van der Waals surface area contributed by atoms with E-state index in [4.69, 9.17) is 4.74 Å². The normalized spacial score (nSPS) is 32.6. The third-order valence-electron chi connectivity index (χ3n) is 2.73. The lowest BCUT2D eigenvalue weighted by molar-refractivity contribution is -0.139. The number of hydrogen-bond donors (Lipinski definition) is 0. The van der Waals surface area contributed by atoms with E-state index in [0.29, 0.717) is 6.61 Å². The summed E-state index contributed by atoms with van der Waals surface area (Å²) in [4.78, 5) is 24.6. The van der Waals surface area contributed by atoms with Crippen molar-refractivity contribution < 1.29 is 14.3 Å². The zero-order chi connectivity index (χ0) is 10.5. The van der Waals surface area contributed by atoms with E-state index in [1.807, 2.05) is 20.8 Å². The lowest BCUT2D eigenvalue weighted by Crippen LogP contribution is -2.44. The summed E-state index contributed by atoms with van der Waals surface area (Å²) in [5.74, 6) is -0.0841. The molecule has 4 heteroatoms. The standard InChI is InChI=1S/C10H15NO3/c1-10(2,3)9-11-6(5-14-9)7(12)4-8(11)13/h6,9H,4-5H2,1-3H3/t6-,9-/m1/s1. The predicted octanol–water partition coefficient (Wildman–Crippen LogP) is 0.559. The Kier molecular flexibility index (Phi) is 1.93. The van der Waals surface area contributed by atoms with Crippen molar-refractivity contribution >= 4 is 11.7 Å². The van der Waals surface area contributed by atoms with Crippen LogP contribution in [0.2, 0.25) is 0 Å². The summed E-state index contributed by atoms with van der Waals surface area (Å²) < 4.78 is 5.51. The Morgan fingerprint density at radius 1 is 1.36 bits per heavy atom. The number of ketones is 1. The first-order valence-electron chi connectivity index (χ1n) is 4.87. The van der Waals surface area contributed by atoms with Crippen molar-refractivity contribution in [1.82, 2.24) is 4.90 Å². The lowest BCUT2D eigenvalue weighted by atomic mass is 9.93. The van der Waals surface area contributed by atoms with E-state index < -0.39 is 0 Å². The van der Waals surface area contributed by atoms with E-state index in [9.17, 15) is 9.59 Å². The van der Waals surface area contributed by atoms with Crippen LogP contribution in [-0.4, -0.2) is 35.5 Å². The number of carbonyl (C=O) groups excluding carboxylic acids is 2. The third kappa shape index (κ3) is 1.25. The van der Waals surface area contributed by atoms with Gasteiger partial charge in [0.15, 0.2) is 5.78 Å². The molecule has 0 aliphatic carbocycles. The van der Waals surface area contributed by atoms with Gasteiger partial charge in [-0.2, -0.15) is 0 Å². The molecule has 2 heterocycles. The average Bonchev–Trinajstić information content (AvgIpc) is 2.53. The number of carbonyl (C=O) groups is 2. The summed E-state index contributed by atoms with van der Waals surface area (Å²) in [6, 6.07) is -0.313. The molecular weight excluding hydrogens is 182 g/mol. The van der Waals surface area contributed by atoms with Crippen LogP contribution in [0.3, 0.4) is 0 Å². The summed E-state index contributed by atoms with van der Waals surface area (Å²) in [7, 11) is 0. The molecule has 0 spiro atoms. The molecule has 14 heavy (non-hydrogen) atoms. The highest BCUT2D eigenvalue weighted by Crippen LogP contribution is 2.35. The molecule has 2 aliphatic rings. The monoisotopic (exact) mass is 197 g/mol.